The Bertz CT molecular complexity index is 5020. The molecule has 0 aromatic heterocycles. The highest BCUT2D eigenvalue weighted by atomic mass is 14.2. The van der Waals surface area contributed by atoms with E-state index >= 15 is 0 Å². The zero-order valence-electron chi connectivity index (χ0n) is 64.1. The molecule has 0 saturated heterocycles. The lowest BCUT2D eigenvalue weighted by atomic mass is 9.94. The molecule has 0 saturated carbocycles. The van der Waals surface area contributed by atoms with Crippen LogP contribution in [-0.2, 0) is 51.4 Å². The number of hydrogen-bond donors (Lipinski definition) is 0. The number of rotatable bonds is 24. The Hall–Kier alpha value is -9.36. The van der Waals surface area contributed by atoms with Crippen LogP contribution in [0.2, 0.25) is 0 Å². The summed E-state index contributed by atoms with van der Waals surface area (Å²) >= 11 is 0. The molecule has 0 amide bonds. The molecule has 0 radical (unpaired) electrons. The van der Waals surface area contributed by atoms with Gasteiger partial charge in [-0.15, -0.1) is 0 Å². The molecule has 0 nitrogen and oxygen atoms in total. The zero-order valence-corrected chi connectivity index (χ0v) is 64.1. The molecule has 0 heterocycles. The van der Waals surface area contributed by atoms with Crippen molar-refractivity contribution < 1.29 is 0 Å². The predicted molar refractivity (Wildman–Crippen MR) is 438 cm³/mol. The summed E-state index contributed by atoms with van der Waals surface area (Å²) in [6.07, 6.45) is 27.8. The largest absolute Gasteiger partial charge is 0.0654 e. The normalized spacial score (nSPS) is 11.6. The van der Waals surface area contributed by atoms with E-state index in [2.05, 4.69) is 298 Å². The Morgan fingerprint density at radius 3 is 0.298 bits per heavy atom. The van der Waals surface area contributed by atoms with Crippen LogP contribution in [0.25, 0.3) is 0 Å². The van der Waals surface area contributed by atoms with Crippen molar-refractivity contribution in [2.45, 2.75) is 209 Å². The van der Waals surface area contributed by atoms with E-state index in [-0.39, 0.29) is 0 Å². The van der Waals surface area contributed by atoms with Crippen molar-refractivity contribution in [1.29, 1.82) is 0 Å². The first-order valence-corrected chi connectivity index (χ1v) is 40.7. The third-order valence-corrected chi connectivity index (χ3v) is 22.7. The molecule has 528 valence electrons. The molecule has 12 aromatic rings. The molecule has 0 aliphatic heterocycles. The zero-order chi connectivity index (χ0) is 71.7. The quantitative estimate of drug-likeness (QED) is 0.0566. The van der Waals surface area contributed by atoms with Gasteiger partial charge in [-0.1, -0.05) is 349 Å². The monoisotopic (exact) mass is 1360 g/mol. The maximum Gasteiger partial charge on any atom is -0.0102 e. The highest BCUT2D eigenvalue weighted by Crippen LogP contribution is 2.25. The van der Waals surface area contributed by atoms with E-state index in [1.165, 1.54) is 272 Å². The summed E-state index contributed by atoms with van der Waals surface area (Å²) in [5.74, 6) is 0. The minimum absolute atomic E-state index is 1.10. The molecule has 0 atom stereocenters. The number of benzene rings is 12. The van der Waals surface area contributed by atoms with Crippen LogP contribution >= 0.6 is 0 Å². The number of aryl methyl sites for hydroxylation is 8. The summed E-state index contributed by atoms with van der Waals surface area (Å²) in [5.41, 5.74) is 12.0. The van der Waals surface area contributed by atoms with Gasteiger partial charge in [0.05, 0.1) is 0 Å². The van der Waals surface area contributed by atoms with Crippen LogP contribution in [0.3, 0.4) is 0 Å². The lowest BCUT2D eigenvalue weighted by Crippen LogP contribution is -1.97. The van der Waals surface area contributed by atoms with Gasteiger partial charge in [0.15, 0.2) is 0 Å². The molecule has 16 bridgehead atoms. The molecular formula is C104H112. The van der Waals surface area contributed by atoms with Gasteiger partial charge < -0.3 is 0 Å². The highest BCUT2D eigenvalue weighted by molar-refractivity contribution is 5.40. The van der Waals surface area contributed by atoms with E-state index in [4.69, 9.17) is 0 Å². The van der Waals surface area contributed by atoms with E-state index in [9.17, 15) is 0 Å². The van der Waals surface area contributed by atoms with Crippen molar-refractivity contribution >= 4 is 0 Å². The molecule has 0 unspecified atom stereocenters. The minimum Gasteiger partial charge on any atom is -0.0654 e. The van der Waals surface area contributed by atoms with Crippen molar-refractivity contribution in [3.05, 3.63) is 412 Å². The van der Waals surface area contributed by atoms with Gasteiger partial charge in [0.25, 0.3) is 0 Å². The van der Waals surface area contributed by atoms with E-state index in [1.54, 1.807) is 0 Å². The van der Waals surface area contributed by atoms with Crippen LogP contribution in [-0.4, -0.2) is 0 Å². The minimum atomic E-state index is 1.10. The van der Waals surface area contributed by atoms with Crippen LogP contribution < -0.4 is 0 Å². The summed E-state index contributed by atoms with van der Waals surface area (Å²) in [6, 6.07) is 96.4. The third-order valence-electron chi connectivity index (χ3n) is 22.7. The molecule has 104 heavy (non-hydrogen) atoms. The Balaban J connectivity index is 1.12. The molecule has 13 aliphatic rings. The van der Waals surface area contributed by atoms with Crippen LogP contribution in [0, 0.1) is 125 Å². The fourth-order valence-electron chi connectivity index (χ4n) is 16.2. The average Bonchev–Trinajstić information content (AvgIpc) is 0.790. The summed E-state index contributed by atoms with van der Waals surface area (Å²) in [7, 11) is 0. The standard InChI is InChI=1S/C104H112/c1-9-17-25-89-65-97-81-49-33-73(34-50-81)75-37-53-83(54-38-75)99-67-91(27-19-11-3)93(29-21-13-5)69-101(99)85-57-41-77(42-58-85)79-45-61-87(62-46-79)103-71-95(31-23-15-7)96(32-24-16-8)72-104(103)88-63-47-80(48-64-88)78-43-59-86(60-44-78)102-70-94(30-22-14-6)92(28-20-12-4)68-100(102)84-55-39-76(40-56-84)74-35-51-82(52-36-74)98(97)66-90(89)26-18-10-2/h33-72H,9-32H2,1-8H3. The molecule has 13 aliphatic carbocycles. The van der Waals surface area contributed by atoms with E-state index in [0.717, 1.165) is 51.4 Å². The number of hydrogen-bond acceptors (Lipinski definition) is 0. The van der Waals surface area contributed by atoms with Crippen molar-refractivity contribution in [2.24, 2.45) is 0 Å². The highest BCUT2D eigenvalue weighted by Gasteiger charge is 2.11. The average molecular weight is 1360 g/mol. The van der Waals surface area contributed by atoms with E-state index in [1.807, 2.05) is 0 Å². The number of unbranched alkanes of at least 4 members (excludes halogenated alkanes) is 8. The Morgan fingerprint density at radius 1 is 0.125 bits per heavy atom. The first-order chi connectivity index (χ1) is 51.2. The SMILES string of the molecule is CCCCc1cc2c(cc1CCCC)=c1ccc(cc1)=c1ccc(cc1)=c1cc(CCCC)c(CCCC)cc1=c1ccc(cc1)=c1ccc(cc1)=c1cc(CCCC)c(CCCC)cc1=c1ccc(cc1)=c1ccc(cc1)=c1cc(CCCC)c(CCCC)cc1=c1ccc(cc1)=c1ccc=2cc1. The van der Waals surface area contributed by atoms with Gasteiger partial charge in [0, 0.05) is 0 Å². The molecule has 25 rings (SSSR count). The van der Waals surface area contributed by atoms with Gasteiger partial charge in [-0.25, -0.2) is 0 Å². The van der Waals surface area contributed by atoms with Crippen molar-refractivity contribution in [1.82, 2.24) is 0 Å². The smallest absolute Gasteiger partial charge is 0.0102 e. The Morgan fingerprint density at radius 2 is 0.212 bits per heavy atom. The van der Waals surface area contributed by atoms with Crippen LogP contribution in [0.4, 0.5) is 0 Å². The third kappa shape index (κ3) is 16.9. The van der Waals surface area contributed by atoms with Gasteiger partial charge >= 0.3 is 0 Å². The summed E-state index contributed by atoms with van der Waals surface area (Å²) < 4.78 is 0. The molecule has 0 fully saturated rings. The second-order valence-electron chi connectivity index (χ2n) is 30.1. The van der Waals surface area contributed by atoms with Gasteiger partial charge in [0.2, 0.25) is 0 Å². The second kappa shape index (κ2) is 35.4. The summed E-state index contributed by atoms with van der Waals surface area (Å²) in [5, 5.41) is 30.5. The summed E-state index contributed by atoms with van der Waals surface area (Å²) in [6.45, 7) is 18.6. The molecule has 0 spiro atoms. The first kappa shape index (κ1) is 73.0. The maximum absolute atomic E-state index is 2.56. The van der Waals surface area contributed by atoms with Crippen molar-refractivity contribution in [3.8, 4) is 0 Å². The van der Waals surface area contributed by atoms with Crippen molar-refractivity contribution in [2.75, 3.05) is 0 Å². The summed E-state index contributed by atoms with van der Waals surface area (Å²) in [4.78, 5) is 0. The van der Waals surface area contributed by atoms with Crippen LogP contribution in [0.1, 0.15) is 203 Å². The van der Waals surface area contributed by atoms with Gasteiger partial charge in [-0.3, -0.25) is 0 Å². The van der Waals surface area contributed by atoms with Crippen LogP contribution in [0.15, 0.2) is 243 Å². The van der Waals surface area contributed by atoms with E-state index in [0.29, 0.717) is 0 Å². The lowest BCUT2D eigenvalue weighted by molar-refractivity contribution is 0.757. The Kier molecular flexibility index (Phi) is 24.8. The molecule has 12 aromatic carbocycles. The second-order valence-corrected chi connectivity index (χ2v) is 30.1. The van der Waals surface area contributed by atoms with Crippen molar-refractivity contribution in [3.63, 3.8) is 0 Å². The molecular weight excluding hydrogens is 1250 g/mol. The van der Waals surface area contributed by atoms with Gasteiger partial charge in [0.1, 0.15) is 0 Å². The van der Waals surface area contributed by atoms with Gasteiger partial charge in [-0.05, 0) is 272 Å². The fraction of sp³-hybridized carbons (Fsp3) is 0.308. The maximum atomic E-state index is 2.56. The predicted octanol–water partition coefficient (Wildman–Crippen LogP) is 26.2. The van der Waals surface area contributed by atoms with E-state index < -0.39 is 0 Å². The van der Waals surface area contributed by atoms with Gasteiger partial charge in [-0.2, -0.15) is 0 Å². The van der Waals surface area contributed by atoms with Crippen LogP contribution in [0.5, 0.6) is 0 Å². The topological polar surface area (TPSA) is 0 Å². The Labute approximate surface area is 617 Å². The first-order valence-electron chi connectivity index (χ1n) is 40.7. The molecule has 0 N–H and O–H groups in total. The fourth-order valence-corrected chi connectivity index (χ4v) is 16.2. The molecule has 0 heteroatoms. The lowest BCUT2D eigenvalue weighted by Gasteiger charge is -2.11.